The van der Waals surface area contributed by atoms with Crippen LogP contribution >= 0.6 is 0 Å². The van der Waals surface area contributed by atoms with Gasteiger partial charge in [0, 0.05) is 38.4 Å². The van der Waals surface area contributed by atoms with Gasteiger partial charge in [-0.05, 0) is 54.9 Å². The van der Waals surface area contributed by atoms with Crippen LogP contribution in [0.4, 0.5) is 14.5 Å². The largest absolute Gasteiger partial charge is 0.420 e. The second-order valence-corrected chi connectivity index (χ2v) is 7.36. The fourth-order valence-electron chi connectivity index (χ4n) is 3.49. The van der Waals surface area contributed by atoms with Crippen molar-refractivity contribution in [3.05, 3.63) is 65.6 Å². The maximum Gasteiger partial charge on any atom is 0.247 e. The van der Waals surface area contributed by atoms with Gasteiger partial charge in [0.25, 0.3) is 0 Å². The zero-order chi connectivity index (χ0) is 19.7. The highest BCUT2D eigenvalue weighted by molar-refractivity contribution is 5.58. The number of aromatic nitrogens is 2. The number of benzene rings is 2. The third-order valence-corrected chi connectivity index (χ3v) is 5.08. The van der Waals surface area contributed by atoms with Crippen molar-refractivity contribution < 1.29 is 13.2 Å². The smallest absolute Gasteiger partial charge is 0.247 e. The van der Waals surface area contributed by atoms with Gasteiger partial charge in [0.15, 0.2) is 11.6 Å². The van der Waals surface area contributed by atoms with Crippen molar-refractivity contribution in [2.45, 2.75) is 18.9 Å². The van der Waals surface area contributed by atoms with E-state index in [0.29, 0.717) is 18.3 Å². The lowest BCUT2D eigenvalue weighted by molar-refractivity contribution is 0.319. The summed E-state index contributed by atoms with van der Waals surface area (Å²) in [4.78, 5) is 4.22. The minimum Gasteiger partial charge on any atom is -0.420 e. The molecule has 3 aromatic rings. The molecule has 1 saturated heterocycles. The van der Waals surface area contributed by atoms with Gasteiger partial charge in [-0.3, -0.25) is 4.90 Å². The zero-order valence-corrected chi connectivity index (χ0v) is 15.9. The standard InChI is InChI=1S/C21H22F2N4O/c1-26(2)17-6-4-15(5-7-17)20-24-25-21(28-20)16-9-10-27(13-16)12-14-3-8-18(22)19(23)11-14/h3-8,11,16H,9-10,12-13H2,1-2H3/t16-/m0/s1. The van der Waals surface area contributed by atoms with Crippen LogP contribution < -0.4 is 4.90 Å². The van der Waals surface area contributed by atoms with Crippen molar-refractivity contribution in [2.24, 2.45) is 0 Å². The van der Waals surface area contributed by atoms with Crippen molar-refractivity contribution in [1.29, 1.82) is 0 Å². The molecule has 5 nitrogen and oxygen atoms in total. The van der Waals surface area contributed by atoms with Crippen molar-refractivity contribution in [3.8, 4) is 11.5 Å². The summed E-state index contributed by atoms with van der Waals surface area (Å²) in [6.07, 6.45) is 0.894. The molecule has 7 heteroatoms. The molecule has 0 radical (unpaired) electrons. The van der Waals surface area contributed by atoms with Crippen LogP contribution in [0.25, 0.3) is 11.5 Å². The van der Waals surface area contributed by atoms with Crippen LogP contribution in [0.3, 0.4) is 0 Å². The third-order valence-electron chi connectivity index (χ3n) is 5.08. The summed E-state index contributed by atoms with van der Waals surface area (Å²) in [5.41, 5.74) is 2.75. The lowest BCUT2D eigenvalue weighted by Gasteiger charge is -2.15. The van der Waals surface area contributed by atoms with Gasteiger partial charge in [0.05, 0.1) is 5.92 Å². The summed E-state index contributed by atoms with van der Waals surface area (Å²) >= 11 is 0. The summed E-state index contributed by atoms with van der Waals surface area (Å²) < 4.78 is 32.4. The Labute approximate surface area is 162 Å². The van der Waals surface area contributed by atoms with E-state index in [9.17, 15) is 8.78 Å². The monoisotopic (exact) mass is 384 g/mol. The van der Waals surface area contributed by atoms with E-state index in [1.54, 1.807) is 6.07 Å². The molecule has 4 rings (SSSR count). The third kappa shape index (κ3) is 3.89. The van der Waals surface area contributed by atoms with Gasteiger partial charge in [-0.2, -0.15) is 0 Å². The molecule has 0 spiro atoms. The lowest BCUT2D eigenvalue weighted by atomic mass is 10.1. The van der Waals surface area contributed by atoms with Crippen LogP contribution in [0, 0.1) is 11.6 Å². The molecular formula is C21H22F2N4O. The van der Waals surface area contributed by atoms with E-state index in [0.717, 1.165) is 36.3 Å². The number of likely N-dealkylation sites (tertiary alicyclic amines) is 1. The summed E-state index contributed by atoms with van der Waals surface area (Å²) in [5, 5.41) is 8.43. The first-order chi connectivity index (χ1) is 13.5. The number of rotatable bonds is 5. The molecule has 146 valence electrons. The normalized spacial score (nSPS) is 17.2. The molecular weight excluding hydrogens is 362 g/mol. The van der Waals surface area contributed by atoms with Gasteiger partial charge in [-0.1, -0.05) is 6.07 Å². The van der Waals surface area contributed by atoms with Gasteiger partial charge in [-0.25, -0.2) is 8.78 Å². The van der Waals surface area contributed by atoms with Crippen LogP contribution in [-0.4, -0.2) is 42.3 Å². The Balaban J connectivity index is 1.41. The second kappa shape index (κ2) is 7.67. The predicted octanol–water partition coefficient (Wildman–Crippen LogP) is 4.07. The average Bonchev–Trinajstić information content (AvgIpc) is 3.34. The first kappa shape index (κ1) is 18.6. The van der Waals surface area contributed by atoms with Gasteiger partial charge in [-0.15, -0.1) is 10.2 Å². The second-order valence-electron chi connectivity index (χ2n) is 7.36. The van der Waals surface area contributed by atoms with E-state index >= 15 is 0 Å². The summed E-state index contributed by atoms with van der Waals surface area (Å²) in [6.45, 7) is 2.17. The van der Waals surface area contributed by atoms with Crippen molar-refractivity contribution >= 4 is 5.69 Å². The van der Waals surface area contributed by atoms with Gasteiger partial charge in [0.2, 0.25) is 11.8 Å². The van der Waals surface area contributed by atoms with Crippen LogP contribution in [0.5, 0.6) is 0 Å². The molecule has 0 aliphatic carbocycles. The molecule has 0 saturated carbocycles. The van der Waals surface area contributed by atoms with Crippen LogP contribution in [0.1, 0.15) is 23.8 Å². The highest BCUT2D eigenvalue weighted by Gasteiger charge is 2.28. The van der Waals surface area contributed by atoms with Crippen molar-refractivity contribution in [1.82, 2.24) is 15.1 Å². The zero-order valence-electron chi connectivity index (χ0n) is 15.9. The number of anilines is 1. The Morgan fingerprint density at radius 3 is 2.57 bits per heavy atom. The molecule has 1 aliphatic rings. The molecule has 0 N–H and O–H groups in total. The SMILES string of the molecule is CN(C)c1ccc(-c2nnc([C@H]3CCN(Cc4ccc(F)c(F)c4)C3)o2)cc1. The van der Waals surface area contributed by atoms with E-state index < -0.39 is 11.6 Å². The summed E-state index contributed by atoms with van der Waals surface area (Å²) in [5.74, 6) is -0.346. The van der Waals surface area contributed by atoms with E-state index in [1.165, 1.54) is 12.1 Å². The molecule has 28 heavy (non-hydrogen) atoms. The van der Waals surface area contributed by atoms with E-state index in [1.807, 2.05) is 43.3 Å². The van der Waals surface area contributed by atoms with Crippen molar-refractivity contribution in [3.63, 3.8) is 0 Å². The molecule has 0 amide bonds. The Morgan fingerprint density at radius 2 is 1.86 bits per heavy atom. The topological polar surface area (TPSA) is 45.4 Å². The highest BCUT2D eigenvalue weighted by atomic mass is 19.2. The predicted molar refractivity (Wildman–Crippen MR) is 103 cm³/mol. The Bertz CT molecular complexity index is 955. The molecule has 0 unspecified atom stereocenters. The Hall–Kier alpha value is -2.80. The van der Waals surface area contributed by atoms with E-state index in [2.05, 4.69) is 15.1 Å². The molecule has 2 aromatic carbocycles. The highest BCUT2D eigenvalue weighted by Crippen LogP contribution is 2.30. The maximum atomic E-state index is 13.4. The Morgan fingerprint density at radius 1 is 1.07 bits per heavy atom. The summed E-state index contributed by atoms with van der Waals surface area (Å²) in [6, 6.07) is 12.0. The van der Waals surface area contributed by atoms with Crippen LogP contribution in [0.2, 0.25) is 0 Å². The molecule has 1 atom stereocenters. The molecule has 1 aliphatic heterocycles. The minimum atomic E-state index is -0.819. The van der Waals surface area contributed by atoms with E-state index in [-0.39, 0.29) is 5.92 Å². The fraction of sp³-hybridized carbons (Fsp3) is 0.333. The van der Waals surface area contributed by atoms with E-state index in [4.69, 9.17) is 4.42 Å². The quantitative estimate of drug-likeness (QED) is 0.664. The lowest BCUT2D eigenvalue weighted by Crippen LogP contribution is -2.20. The molecule has 0 bridgehead atoms. The van der Waals surface area contributed by atoms with Gasteiger partial charge >= 0.3 is 0 Å². The molecule has 2 heterocycles. The first-order valence-corrected chi connectivity index (χ1v) is 9.27. The number of hydrogen-bond acceptors (Lipinski definition) is 5. The van der Waals surface area contributed by atoms with Crippen molar-refractivity contribution in [2.75, 3.05) is 32.1 Å². The minimum absolute atomic E-state index is 0.146. The van der Waals surface area contributed by atoms with Gasteiger partial charge < -0.3 is 9.32 Å². The fourth-order valence-corrected chi connectivity index (χ4v) is 3.49. The molecule has 1 fully saturated rings. The average molecular weight is 384 g/mol. The number of halogens is 2. The number of nitrogens with zero attached hydrogens (tertiary/aromatic N) is 4. The first-order valence-electron chi connectivity index (χ1n) is 9.27. The van der Waals surface area contributed by atoms with Crippen LogP contribution in [0.15, 0.2) is 46.9 Å². The van der Waals surface area contributed by atoms with Gasteiger partial charge in [0.1, 0.15) is 0 Å². The number of hydrogen-bond donors (Lipinski definition) is 0. The van der Waals surface area contributed by atoms with Crippen LogP contribution in [-0.2, 0) is 6.54 Å². The maximum absolute atomic E-state index is 13.4. The Kier molecular flexibility index (Phi) is 5.09. The summed E-state index contributed by atoms with van der Waals surface area (Å²) in [7, 11) is 3.98. The molecule has 1 aromatic heterocycles.